The fourth-order valence-electron chi connectivity index (χ4n) is 2.83. The zero-order chi connectivity index (χ0) is 14.9. The number of rotatable bonds is 2. The number of nitrogens with zero attached hydrogens (tertiary/aromatic N) is 2. The zero-order valence-electron chi connectivity index (χ0n) is 12.4. The highest BCUT2D eigenvalue weighted by molar-refractivity contribution is 5.73. The fraction of sp³-hybridized carbons (Fsp3) is 0.0500. The first-order valence-corrected chi connectivity index (χ1v) is 7.42. The first kappa shape index (κ1) is 12.8. The largest absolute Gasteiger partial charge is 0.299 e. The lowest BCUT2D eigenvalue weighted by Gasteiger charge is -2.05. The highest BCUT2D eigenvalue weighted by Crippen LogP contribution is 2.26. The van der Waals surface area contributed by atoms with Gasteiger partial charge in [0.2, 0.25) is 0 Å². The van der Waals surface area contributed by atoms with Gasteiger partial charge in [-0.05, 0) is 30.2 Å². The molecule has 22 heavy (non-hydrogen) atoms. The van der Waals surface area contributed by atoms with E-state index in [1.54, 1.807) is 0 Å². The zero-order valence-corrected chi connectivity index (χ0v) is 12.4. The number of fused-ring (bicyclic) bond motifs is 1. The Morgan fingerprint density at radius 2 is 1.36 bits per heavy atom. The van der Waals surface area contributed by atoms with E-state index in [1.807, 2.05) is 24.3 Å². The highest BCUT2D eigenvalue weighted by Gasteiger charge is 2.10. The lowest BCUT2D eigenvalue weighted by molar-refractivity contribution is 1.16. The van der Waals surface area contributed by atoms with E-state index in [0.717, 1.165) is 22.6 Å². The van der Waals surface area contributed by atoms with Crippen molar-refractivity contribution in [1.82, 2.24) is 9.38 Å². The van der Waals surface area contributed by atoms with Gasteiger partial charge in [0, 0.05) is 11.8 Å². The van der Waals surface area contributed by atoms with Crippen molar-refractivity contribution in [1.29, 1.82) is 0 Å². The first-order valence-electron chi connectivity index (χ1n) is 7.42. The molecule has 0 aliphatic rings. The minimum Gasteiger partial charge on any atom is -0.299 e. The molecule has 2 heteroatoms. The van der Waals surface area contributed by atoms with Crippen molar-refractivity contribution in [3.63, 3.8) is 0 Å². The summed E-state index contributed by atoms with van der Waals surface area (Å²) in [6.45, 7) is 2.07. The third-order valence-electron chi connectivity index (χ3n) is 3.97. The highest BCUT2D eigenvalue weighted by atomic mass is 15.0. The quantitative estimate of drug-likeness (QED) is 0.507. The van der Waals surface area contributed by atoms with Crippen molar-refractivity contribution in [3.05, 3.63) is 84.7 Å². The van der Waals surface area contributed by atoms with Crippen LogP contribution < -0.4 is 0 Å². The molecule has 4 rings (SSSR count). The third-order valence-corrected chi connectivity index (χ3v) is 3.97. The molecule has 0 aliphatic carbocycles. The lowest BCUT2D eigenvalue weighted by Crippen LogP contribution is -1.89. The number of hydrogen-bond acceptors (Lipinski definition) is 1. The van der Waals surface area contributed by atoms with Crippen molar-refractivity contribution >= 4 is 5.52 Å². The standard InChI is InChI=1S/C20H16N2/c1-15-19-14-18(16-8-4-2-5-9-16)12-13-22(19)20(21-15)17-10-6-3-7-11-17/h2-14H,1H3. The normalized spacial score (nSPS) is 11.0. The number of benzene rings is 2. The van der Waals surface area contributed by atoms with E-state index in [1.165, 1.54) is 11.1 Å². The van der Waals surface area contributed by atoms with Crippen molar-refractivity contribution in [3.8, 4) is 22.5 Å². The third kappa shape index (κ3) is 2.09. The molecule has 0 amide bonds. The average Bonchev–Trinajstić information content (AvgIpc) is 2.93. The van der Waals surface area contributed by atoms with Crippen LogP contribution in [0, 0.1) is 6.92 Å². The van der Waals surface area contributed by atoms with Crippen molar-refractivity contribution in [2.45, 2.75) is 6.92 Å². The van der Waals surface area contributed by atoms with Gasteiger partial charge in [0.1, 0.15) is 5.82 Å². The number of imidazole rings is 1. The maximum atomic E-state index is 4.76. The molecule has 0 saturated heterocycles. The number of hydrogen-bond donors (Lipinski definition) is 0. The van der Waals surface area contributed by atoms with Gasteiger partial charge in [-0.2, -0.15) is 0 Å². The Bertz CT molecular complexity index is 922. The van der Waals surface area contributed by atoms with E-state index < -0.39 is 0 Å². The smallest absolute Gasteiger partial charge is 0.144 e. The van der Waals surface area contributed by atoms with Crippen LogP contribution >= 0.6 is 0 Å². The van der Waals surface area contributed by atoms with Gasteiger partial charge < -0.3 is 0 Å². The maximum absolute atomic E-state index is 4.76. The van der Waals surface area contributed by atoms with E-state index in [0.29, 0.717) is 0 Å². The monoisotopic (exact) mass is 284 g/mol. The molecule has 0 fully saturated rings. The summed E-state index contributed by atoms with van der Waals surface area (Å²) < 4.78 is 2.16. The molecule has 0 radical (unpaired) electrons. The van der Waals surface area contributed by atoms with Gasteiger partial charge >= 0.3 is 0 Å². The molecular weight excluding hydrogens is 268 g/mol. The molecule has 2 aromatic heterocycles. The molecule has 0 unspecified atom stereocenters. The van der Waals surface area contributed by atoms with Crippen LogP contribution in [0.25, 0.3) is 28.0 Å². The fourth-order valence-corrected chi connectivity index (χ4v) is 2.83. The van der Waals surface area contributed by atoms with Gasteiger partial charge in [0.25, 0.3) is 0 Å². The van der Waals surface area contributed by atoms with Crippen molar-refractivity contribution in [2.75, 3.05) is 0 Å². The van der Waals surface area contributed by atoms with Crippen molar-refractivity contribution < 1.29 is 0 Å². The van der Waals surface area contributed by atoms with Crippen LogP contribution in [0.4, 0.5) is 0 Å². The Balaban J connectivity index is 1.91. The van der Waals surface area contributed by atoms with Crippen LogP contribution in [0.3, 0.4) is 0 Å². The van der Waals surface area contributed by atoms with Crippen molar-refractivity contribution in [2.24, 2.45) is 0 Å². The Hall–Kier alpha value is -2.87. The van der Waals surface area contributed by atoms with Crippen LogP contribution in [-0.4, -0.2) is 9.38 Å². The van der Waals surface area contributed by atoms with E-state index in [4.69, 9.17) is 4.98 Å². The summed E-state index contributed by atoms with van der Waals surface area (Å²) in [5, 5.41) is 0. The molecular formula is C20H16N2. The molecule has 0 saturated carbocycles. The average molecular weight is 284 g/mol. The van der Waals surface area contributed by atoms with E-state index in [2.05, 4.69) is 66.1 Å². The maximum Gasteiger partial charge on any atom is 0.144 e. The number of aryl methyl sites for hydroxylation is 1. The summed E-state index contributed by atoms with van der Waals surface area (Å²) in [6, 6.07) is 25.1. The molecule has 4 aromatic rings. The minimum atomic E-state index is 0.993. The van der Waals surface area contributed by atoms with E-state index in [-0.39, 0.29) is 0 Å². The first-order chi connectivity index (χ1) is 10.8. The summed E-state index contributed by atoms with van der Waals surface area (Å²) in [4.78, 5) is 4.76. The summed E-state index contributed by atoms with van der Waals surface area (Å²) in [5.74, 6) is 0.993. The molecule has 0 bridgehead atoms. The van der Waals surface area contributed by atoms with Gasteiger partial charge in [-0.3, -0.25) is 4.40 Å². The molecule has 0 atom stereocenters. The van der Waals surface area contributed by atoms with Crippen LogP contribution in [0.1, 0.15) is 5.69 Å². The summed E-state index contributed by atoms with van der Waals surface area (Å²) in [6.07, 6.45) is 2.11. The predicted octanol–water partition coefficient (Wildman–Crippen LogP) is 4.98. The van der Waals surface area contributed by atoms with Gasteiger partial charge in [0.05, 0.1) is 11.2 Å². The molecule has 2 heterocycles. The Labute approximate surface area is 129 Å². The SMILES string of the molecule is Cc1nc(-c2ccccc2)n2ccc(-c3ccccc3)cc12. The second-order valence-electron chi connectivity index (χ2n) is 5.42. The Morgan fingerprint density at radius 1 is 0.727 bits per heavy atom. The van der Waals surface area contributed by atoms with Gasteiger partial charge in [0.15, 0.2) is 0 Å². The second kappa shape index (κ2) is 5.15. The van der Waals surface area contributed by atoms with E-state index in [9.17, 15) is 0 Å². The van der Waals surface area contributed by atoms with E-state index >= 15 is 0 Å². The predicted molar refractivity (Wildman–Crippen MR) is 90.8 cm³/mol. The number of aromatic nitrogens is 2. The van der Waals surface area contributed by atoms with Gasteiger partial charge in [-0.25, -0.2) is 4.98 Å². The summed E-state index contributed by atoms with van der Waals surface area (Å²) in [5.41, 5.74) is 5.79. The van der Waals surface area contributed by atoms with Gasteiger partial charge in [-0.15, -0.1) is 0 Å². The molecule has 2 aromatic carbocycles. The minimum absolute atomic E-state index is 0.993. The second-order valence-corrected chi connectivity index (χ2v) is 5.42. The Kier molecular flexibility index (Phi) is 3.01. The molecule has 0 aliphatic heterocycles. The van der Waals surface area contributed by atoms with Crippen LogP contribution in [0.5, 0.6) is 0 Å². The lowest BCUT2D eigenvalue weighted by atomic mass is 10.1. The summed E-state index contributed by atoms with van der Waals surface area (Å²) in [7, 11) is 0. The van der Waals surface area contributed by atoms with Gasteiger partial charge in [-0.1, -0.05) is 60.7 Å². The topological polar surface area (TPSA) is 17.3 Å². The molecule has 0 spiro atoms. The molecule has 0 N–H and O–H groups in total. The summed E-state index contributed by atoms with van der Waals surface area (Å²) >= 11 is 0. The molecule has 106 valence electrons. The number of pyridine rings is 1. The van der Waals surface area contributed by atoms with Crippen LogP contribution in [0.2, 0.25) is 0 Å². The van der Waals surface area contributed by atoms with Crippen LogP contribution in [-0.2, 0) is 0 Å². The van der Waals surface area contributed by atoms with Crippen LogP contribution in [0.15, 0.2) is 79.0 Å². The molecule has 2 nitrogen and oxygen atoms in total. The Morgan fingerprint density at radius 3 is 2.05 bits per heavy atom.